The van der Waals surface area contributed by atoms with E-state index in [1.165, 1.54) is 6.08 Å². The second-order valence-corrected chi connectivity index (χ2v) is 3.22. The molecule has 17 heavy (non-hydrogen) atoms. The predicted molar refractivity (Wildman–Crippen MR) is 62.7 cm³/mol. The summed E-state index contributed by atoms with van der Waals surface area (Å²) < 4.78 is 5.03. The number of carbonyl (C=O) groups excluding carboxylic acids is 1. The first-order valence-corrected chi connectivity index (χ1v) is 4.93. The number of nitrogens with one attached hydrogen (secondary N) is 1. The zero-order valence-electron chi connectivity index (χ0n) is 9.34. The van der Waals surface area contributed by atoms with Gasteiger partial charge in [-0.2, -0.15) is 0 Å². The van der Waals surface area contributed by atoms with E-state index in [9.17, 15) is 9.59 Å². The van der Waals surface area contributed by atoms with Crippen LogP contribution < -0.4 is 10.1 Å². The molecule has 90 valence electrons. The summed E-state index contributed by atoms with van der Waals surface area (Å²) in [6.07, 6.45) is 2.86. The Hall–Kier alpha value is -2.30. The van der Waals surface area contributed by atoms with Crippen LogP contribution in [0.15, 0.2) is 30.3 Å². The molecule has 0 spiro atoms. The first kappa shape index (κ1) is 12.8. The summed E-state index contributed by atoms with van der Waals surface area (Å²) in [5.74, 6) is -0.832. The van der Waals surface area contributed by atoms with E-state index in [1.807, 2.05) is 6.07 Å². The molecule has 1 aromatic rings. The molecule has 1 aromatic carbocycles. The van der Waals surface area contributed by atoms with Crippen molar-refractivity contribution in [1.82, 2.24) is 5.32 Å². The minimum Gasteiger partial charge on any atom is -0.497 e. The number of carboxylic acids is 1. The van der Waals surface area contributed by atoms with Crippen LogP contribution in [0.4, 0.5) is 0 Å². The molecule has 0 fully saturated rings. The molecule has 2 N–H and O–H groups in total. The van der Waals surface area contributed by atoms with Gasteiger partial charge in [-0.05, 0) is 23.8 Å². The van der Waals surface area contributed by atoms with Crippen molar-refractivity contribution in [1.29, 1.82) is 0 Å². The van der Waals surface area contributed by atoms with E-state index in [0.717, 1.165) is 5.56 Å². The van der Waals surface area contributed by atoms with Gasteiger partial charge in [0.25, 0.3) is 0 Å². The van der Waals surface area contributed by atoms with Gasteiger partial charge in [0.05, 0.1) is 7.11 Å². The molecule has 1 amide bonds. The number of rotatable bonds is 5. The fourth-order valence-electron chi connectivity index (χ4n) is 1.14. The van der Waals surface area contributed by atoms with Crippen LogP contribution in [0.5, 0.6) is 5.75 Å². The number of hydrogen-bond acceptors (Lipinski definition) is 3. The van der Waals surface area contributed by atoms with Gasteiger partial charge in [-0.25, -0.2) is 0 Å². The molecule has 0 aliphatic carbocycles. The molecule has 0 atom stereocenters. The Balaban J connectivity index is 2.57. The molecular formula is C12H13NO4. The third kappa shape index (κ3) is 4.83. The highest BCUT2D eigenvalue weighted by atomic mass is 16.5. The lowest BCUT2D eigenvalue weighted by molar-refractivity contribution is -0.137. The Morgan fingerprint density at radius 2 is 2.24 bits per heavy atom. The Morgan fingerprint density at radius 1 is 1.47 bits per heavy atom. The lowest BCUT2D eigenvalue weighted by atomic mass is 10.2. The maximum Gasteiger partial charge on any atom is 0.322 e. The Bertz CT molecular complexity index is 440. The number of carbonyl (C=O) groups is 2. The molecule has 5 nitrogen and oxygen atoms in total. The molecule has 0 aromatic heterocycles. The Kier molecular flexibility index (Phi) is 4.75. The SMILES string of the molecule is COc1cccc(C=CC(=O)NCC(=O)O)c1. The van der Waals surface area contributed by atoms with Crippen LogP contribution in [0.25, 0.3) is 6.08 Å². The maximum atomic E-state index is 11.2. The molecule has 0 saturated carbocycles. The largest absolute Gasteiger partial charge is 0.497 e. The first-order chi connectivity index (χ1) is 8.11. The molecule has 5 heteroatoms. The van der Waals surface area contributed by atoms with E-state index in [2.05, 4.69) is 5.32 Å². The van der Waals surface area contributed by atoms with Crippen molar-refractivity contribution >= 4 is 18.0 Å². The summed E-state index contributed by atoms with van der Waals surface area (Å²) in [5, 5.41) is 10.6. The summed E-state index contributed by atoms with van der Waals surface area (Å²) in [5.41, 5.74) is 0.801. The minimum atomic E-state index is -1.08. The van der Waals surface area contributed by atoms with Gasteiger partial charge in [0, 0.05) is 6.08 Å². The van der Waals surface area contributed by atoms with Gasteiger partial charge in [-0.3, -0.25) is 9.59 Å². The highest BCUT2D eigenvalue weighted by Gasteiger charge is 1.99. The van der Waals surface area contributed by atoms with Crippen LogP contribution in [0, 0.1) is 0 Å². The lowest BCUT2D eigenvalue weighted by Gasteiger charge is -2.00. The second kappa shape index (κ2) is 6.32. The molecule has 1 rings (SSSR count). The number of carboxylic acid groups (broad SMARTS) is 1. The van der Waals surface area contributed by atoms with E-state index in [0.29, 0.717) is 5.75 Å². The van der Waals surface area contributed by atoms with Crippen molar-refractivity contribution in [2.45, 2.75) is 0 Å². The number of aliphatic carboxylic acids is 1. The summed E-state index contributed by atoms with van der Waals surface area (Å²) >= 11 is 0. The summed E-state index contributed by atoms with van der Waals surface area (Å²) in [6.45, 7) is -0.388. The number of methoxy groups -OCH3 is 1. The zero-order chi connectivity index (χ0) is 12.7. The van der Waals surface area contributed by atoms with E-state index in [-0.39, 0.29) is 6.54 Å². The lowest BCUT2D eigenvalue weighted by Crippen LogP contribution is -2.27. The van der Waals surface area contributed by atoms with Gasteiger partial charge in [0.1, 0.15) is 12.3 Å². The van der Waals surface area contributed by atoms with Crippen LogP contribution in [0.2, 0.25) is 0 Å². The van der Waals surface area contributed by atoms with Crippen molar-refractivity contribution < 1.29 is 19.4 Å². The number of benzene rings is 1. The van der Waals surface area contributed by atoms with Gasteiger partial charge in [-0.1, -0.05) is 12.1 Å². The monoisotopic (exact) mass is 235 g/mol. The van der Waals surface area contributed by atoms with Gasteiger partial charge < -0.3 is 15.2 Å². The normalized spacial score (nSPS) is 10.2. The van der Waals surface area contributed by atoms with Crippen molar-refractivity contribution in [2.24, 2.45) is 0 Å². The van der Waals surface area contributed by atoms with Gasteiger partial charge in [0.2, 0.25) is 5.91 Å². The third-order valence-corrected chi connectivity index (χ3v) is 1.93. The van der Waals surface area contributed by atoms with Crippen LogP contribution in [-0.2, 0) is 9.59 Å². The first-order valence-electron chi connectivity index (χ1n) is 4.93. The fourth-order valence-corrected chi connectivity index (χ4v) is 1.14. The number of amides is 1. The van der Waals surface area contributed by atoms with Gasteiger partial charge in [0.15, 0.2) is 0 Å². The molecule has 0 aliphatic heterocycles. The standard InChI is InChI=1S/C12H13NO4/c1-17-10-4-2-3-9(7-10)5-6-11(14)13-8-12(15)16/h2-7H,8H2,1H3,(H,13,14)(H,15,16). The average molecular weight is 235 g/mol. The van der Waals surface area contributed by atoms with Gasteiger partial charge >= 0.3 is 5.97 Å². The number of hydrogen-bond donors (Lipinski definition) is 2. The van der Waals surface area contributed by atoms with Crippen LogP contribution in [0.3, 0.4) is 0 Å². The zero-order valence-corrected chi connectivity index (χ0v) is 9.34. The predicted octanol–water partition coefficient (Wildman–Crippen LogP) is 0.909. The second-order valence-electron chi connectivity index (χ2n) is 3.22. The highest BCUT2D eigenvalue weighted by Crippen LogP contribution is 2.13. The van der Waals surface area contributed by atoms with Crippen molar-refractivity contribution in [2.75, 3.05) is 13.7 Å². The minimum absolute atomic E-state index is 0.388. The number of ether oxygens (including phenoxy) is 1. The quantitative estimate of drug-likeness (QED) is 0.744. The fraction of sp³-hybridized carbons (Fsp3) is 0.167. The highest BCUT2D eigenvalue weighted by molar-refractivity contribution is 5.93. The topological polar surface area (TPSA) is 75.6 Å². The van der Waals surface area contributed by atoms with Crippen molar-refractivity contribution in [3.05, 3.63) is 35.9 Å². The molecule has 0 heterocycles. The Labute approximate surface area is 98.7 Å². The molecule has 0 unspecified atom stereocenters. The molecule has 0 aliphatic rings. The molecular weight excluding hydrogens is 222 g/mol. The van der Waals surface area contributed by atoms with Crippen LogP contribution in [-0.4, -0.2) is 30.6 Å². The van der Waals surface area contributed by atoms with E-state index in [1.54, 1.807) is 31.4 Å². The van der Waals surface area contributed by atoms with E-state index < -0.39 is 11.9 Å². The third-order valence-electron chi connectivity index (χ3n) is 1.93. The van der Waals surface area contributed by atoms with Crippen LogP contribution >= 0.6 is 0 Å². The van der Waals surface area contributed by atoms with Gasteiger partial charge in [-0.15, -0.1) is 0 Å². The van der Waals surface area contributed by atoms with Crippen molar-refractivity contribution in [3.8, 4) is 5.75 Å². The smallest absolute Gasteiger partial charge is 0.322 e. The Morgan fingerprint density at radius 3 is 2.88 bits per heavy atom. The van der Waals surface area contributed by atoms with E-state index >= 15 is 0 Å². The maximum absolute atomic E-state index is 11.2. The molecule has 0 radical (unpaired) electrons. The summed E-state index contributed by atoms with van der Waals surface area (Å²) in [4.78, 5) is 21.4. The summed E-state index contributed by atoms with van der Waals surface area (Å²) in [6, 6.07) is 7.17. The molecule has 0 saturated heterocycles. The average Bonchev–Trinajstić information content (AvgIpc) is 2.34. The van der Waals surface area contributed by atoms with E-state index in [4.69, 9.17) is 9.84 Å². The van der Waals surface area contributed by atoms with Crippen molar-refractivity contribution in [3.63, 3.8) is 0 Å². The summed E-state index contributed by atoms with van der Waals surface area (Å²) in [7, 11) is 1.56. The van der Waals surface area contributed by atoms with Crippen LogP contribution in [0.1, 0.15) is 5.56 Å². The molecule has 0 bridgehead atoms.